The highest BCUT2D eigenvalue weighted by Gasteiger charge is 2.22. The summed E-state index contributed by atoms with van der Waals surface area (Å²) in [5.41, 5.74) is 1.11. The molecule has 0 saturated heterocycles. The third-order valence-corrected chi connectivity index (χ3v) is 4.61. The normalized spacial score (nSPS) is 13.5. The predicted molar refractivity (Wildman–Crippen MR) is 136 cm³/mol. The third-order valence-electron chi connectivity index (χ3n) is 4.61. The Morgan fingerprint density at radius 1 is 1.10 bits per heavy atom. The molecular formula is C23H38IN5O. The zero-order valence-corrected chi connectivity index (χ0v) is 21.7. The molecule has 3 N–H and O–H groups in total. The molecule has 168 valence electrons. The van der Waals surface area contributed by atoms with E-state index in [1.807, 2.05) is 6.07 Å². The molecule has 0 radical (unpaired) electrons. The van der Waals surface area contributed by atoms with E-state index in [2.05, 4.69) is 98.7 Å². The molecule has 0 saturated carbocycles. The number of halogens is 1. The Morgan fingerprint density at radius 3 is 2.33 bits per heavy atom. The summed E-state index contributed by atoms with van der Waals surface area (Å²) in [5.74, 6) is 2.26. The Labute approximate surface area is 198 Å². The first-order valence-electron chi connectivity index (χ1n) is 10.4. The van der Waals surface area contributed by atoms with E-state index in [4.69, 9.17) is 4.42 Å². The molecule has 2 rings (SSSR count). The number of rotatable bonds is 8. The van der Waals surface area contributed by atoms with Crippen LogP contribution < -0.4 is 16.0 Å². The van der Waals surface area contributed by atoms with Crippen molar-refractivity contribution in [2.24, 2.45) is 4.99 Å². The van der Waals surface area contributed by atoms with Gasteiger partial charge in [0.05, 0.1) is 6.20 Å². The number of hydrogen-bond acceptors (Lipinski definition) is 4. The second-order valence-corrected chi connectivity index (χ2v) is 9.08. The van der Waals surface area contributed by atoms with Crippen molar-refractivity contribution < 1.29 is 4.42 Å². The van der Waals surface area contributed by atoms with Crippen LogP contribution in [-0.4, -0.2) is 29.6 Å². The SMILES string of the molecule is CCNC(=NCc1ncc(C(C)(C)C)o1)NCC(C)(C)NC(C)c1ccccc1.I. The van der Waals surface area contributed by atoms with E-state index in [0.29, 0.717) is 12.4 Å². The van der Waals surface area contributed by atoms with Gasteiger partial charge in [-0.15, -0.1) is 24.0 Å². The molecule has 1 heterocycles. The second-order valence-electron chi connectivity index (χ2n) is 9.08. The van der Waals surface area contributed by atoms with Crippen LogP contribution in [0.1, 0.15) is 71.7 Å². The van der Waals surface area contributed by atoms with Crippen molar-refractivity contribution in [3.8, 4) is 0 Å². The smallest absolute Gasteiger partial charge is 0.216 e. The first kappa shape index (κ1) is 26.4. The van der Waals surface area contributed by atoms with Gasteiger partial charge >= 0.3 is 0 Å². The molecule has 2 aromatic rings. The second kappa shape index (κ2) is 11.7. The summed E-state index contributed by atoms with van der Waals surface area (Å²) in [4.78, 5) is 8.98. The Kier molecular flexibility index (Phi) is 10.3. The van der Waals surface area contributed by atoms with Crippen molar-refractivity contribution in [1.82, 2.24) is 20.9 Å². The fourth-order valence-corrected chi connectivity index (χ4v) is 2.99. The number of aliphatic imine (C=N–C) groups is 1. The minimum Gasteiger partial charge on any atom is -0.443 e. The number of hydrogen-bond donors (Lipinski definition) is 3. The summed E-state index contributed by atoms with van der Waals surface area (Å²) in [7, 11) is 0. The number of oxazole rings is 1. The summed E-state index contributed by atoms with van der Waals surface area (Å²) in [6.45, 7) is 16.9. The highest BCUT2D eigenvalue weighted by atomic mass is 127. The van der Waals surface area contributed by atoms with Gasteiger partial charge in [0.1, 0.15) is 12.3 Å². The van der Waals surface area contributed by atoms with Gasteiger partial charge in [-0.1, -0.05) is 51.1 Å². The van der Waals surface area contributed by atoms with Crippen LogP contribution in [0.5, 0.6) is 0 Å². The molecule has 0 amide bonds. The van der Waals surface area contributed by atoms with Crippen molar-refractivity contribution >= 4 is 29.9 Å². The lowest BCUT2D eigenvalue weighted by molar-refractivity contribution is 0.344. The lowest BCUT2D eigenvalue weighted by Gasteiger charge is -2.31. The molecule has 0 spiro atoms. The highest BCUT2D eigenvalue weighted by molar-refractivity contribution is 14.0. The highest BCUT2D eigenvalue weighted by Crippen LogP contribution is 2.22. The topological polar surface area (TPSA) is 74.5 Å². The average molecular weight is 527 g/mol. The fraction of sp³-hybridized carbons (Fsp3) is 0.565. The van der Waals surface area contributed by atoms with Gasteiger partial charge in [-0.25, -0.2) is 9.98 Å². The van der Waals surface area contributed by atoms with Crippen molar-refractivity contribution in [1.29, 1.82) is 0 Å². The molecule has 0 aliphatic heterocycles. The Hall–Kier alpha value is -1.61. The van der Waals surface area contributed by atoms with Crippen LogP contribution in [0.3, 0.4) is 0 Å². The van der Waals surface area contributed by atoms with E-state index in [1.165, 1.54) is 5.56 Å². The molecule has 6 nitrogen and oxygen atoms in total. The predicted octanol–water partition coefficient (Wildman–Crippen LogP) is 4.77. The van der Waals surface area contributed by atoms with E-state index < -0.39 is 0 Å². The van der Waals surface area contributed by atoms with Crippen molar-refractivity contribution in [2.75, 3.05) is 13.1 Å². The van der Waals surface area contributed by atoms with E-state index in [1.54, 1.807) is 6.20 Å². The quantitative estimate of drug-likeness (QED) is 0.262. The fourth-order valence-electron chi connectivity index (χ4n) is 2.99. The molecule has 1 aromatic heterocycles. The third kappa shape index (κ3) is 8.63. The van der Waals surface area contributed by atoms with Gasteiger partial charge in [0.15, 0.2) is 5.96 Å². The van der Waals surface area contributed by atoms with Gasteiger partial charge in [-0.3, -0.25) is 0 Å². The molecule has 1 atom stereocenters. The average Bonchev–Trinajstić information content (AvgIpc) is 3.14. The van der Waals surface area contributed by atoms with Crippen LogP contribution in [0, 0.1) is 0 Å². The molecule has 0 fully saturated rings. The summed E-state index contributed by atoms with van der Waals surface area (Å²) >= 11 is 0. The number of guanidine groups is 1. The maximum Gasteiger partial charge on any atom is 0.216 e. The van der Waals surface area contributed by atoms with Crippen LogP contribution in [0.25, 0.3) is 0 Å². The Bertz CT molecular complexity index is 780. The standard InChI is InChI=1S/C23H37N5O.HI/c1-8-24-21(26-15-20-25-14-19(29-20)22(3,4)5)27-16-23(6,7)28-17(2)18-12-10-9-11-13-18;/h9-14,17,28H,8,15-16H2,1-7H3,(H2,24,26,27);1H. The lowest BCUT2D eigenvalue weighted by Crippen LogP contribution is -2.52. The zero-order chi connectivity index (χ0) is 21.5. The van der Waals surface area contributed by atoms with Gasteiger partial charge in [0, 0.05) is 30.1 Å². The van der Waals surface area contributed by atoms with Crippen LogP contribution in [0.2, 0.25) is 0 Å². The lowest BCUT2D eigenvalue weighted by atomic mass is 9.94. The molecular weight excluding hydrogens is 489 g/mol. The van der Waals surface area contributed by atoms with Gasteiger partial charge < -0.3 is 20.4 Å². The Morgan fingerprint density at radius 2 is 1.77 bits per heavy atom. The van der Waals surface area contributed by atoms with Gasteiger partial charge in [-0.2, -0.15) is 0 Å². The van der Waals surface area contributed by atoms with Crippen molar-refractivity contribution in [2.45, 2.75) is 72.0 Å². The van der Waals surface area contributed by atoms with Gasteiger partial charge in [-0.05, 0) is 33.3 Å². The minimum atomic E-state index is -0.117. The van der Waals surface area contributed by atoms with Crippen LogP contribution in [0.15, 0.2) is 45.9 Å². The number of benzene rings is 1. The largest absolute Gasteiger partial charge is 0.443 e. The van der Waals surface area contributed by atoms with Crippen LogP contribution >= 0.6 is 24.0 Å². The molecule has 1 aromatic carbocycles. The summed E-state index contributed by atoms with van der Waals surface area (Å²) < 4.78 is 5.84. The molecule has 0 bridgehead atoms. The summed E-state index contributed by atoms with van der Waals surface area (Å²) in [6, 6.07) is 10.7. The van der Waals surface area contributed by atoms with Crippen LogP contribution in [0.4, 0.5) is 0 Å². The summed E-state index contributed by atoms with van der Waals surface area (Å²) in [5, 5.41) is 10.4. The molecule has 0 aliphatic rings. The van der Waals surface area contributed by atoms with Crippen LogP contribution in [-0.2, 0) is 12.0 Å². The molecule has 0 aliphatic carbocycles. The summed E-state index contributed by atoms with van der Waals surface area (Å²) in [6.07, 6.45) is 1.79. The number of aromatic nitrogens is 1. The monoisotopic (exact) mass is 527 g/mol. The molecule has 7 heteroatoms. The van der Waals surface area contributed by atoms with E-state index in [9.17, 15) is 0 Å². The van der Waals surface area contributed by atoms with E-state index >= 15 is 0 Å². The number of nitrogens with zero attached hydrogens (tertiary/aromatic N) is 2. The minimum absolute atomic E-state index is 0. The van der Waals surface area contributed by atoms with Crippen molar-refractivity contribution in [3.63, 3.8) is 0 Å². The first-order valence-corrected chi connectivity index (χ1v) is 10.4. The van der Waals surface area contributed by atoms with E-state index in [-0.39, 0.29) is 41.0 Å². The maximum atomic E-state index is 5.84. The van der Waals surface area contributed by atoms with Gasteiger partial charge in [0.2, 0.25) is 5.89 Å². The Balaban J connectivity index is 0.00000450. The number of nitrogens with one attached hydrogen (secondary N) is 3. The molecule has 30 heavy (non-hydrogen) atoms. The maximum absolute atomic E-state index is 5.84. The zero-order valence-electron chi connectivity index (χ0n) is 19.4. The van der Waals surface area contributed by atoms with E-state index in [0.717, 1.165) is 24.8 Å². The van der Waals surface area contributed by atoms with Gasteiger partial charge in [0.25, 0.3) is 0 Å². The van der Waals surface area contributed by atoms with Crippen molar-refractivity contribution in [3.05, 3.63) is 53.7 Å². The molecule has 1 unspecified atom stereocenters. The first-order chi connectivity index (χ1) is 13.6.